The summed E-state index contributed by atoms with van der Waals surface area (Å²) in [5.74, 6) is 0. The summed E-state index contributed by atoms with van der Waals surface area (Å²) in [5.41, 5.74) is 0. The maximum Gasteiger partial charge on any atom is 0.0163 e. The first-order chi connectivity index (χ1) is 6.43. The Labute approximate surface area is 82.1 Å². The molecular formula is C12H21N. The highest BCUT2D eigenvalue weighted by Gasteiger charge is 2.08. The Hall–Kier alpha value is -0.560. The summed E-state index contributed by atoms with van der Waals surface area (Å²) in [6, 6.07) is 0. The molecule has 0 aliphatic carbocycles. The van der Waals surface area contributed by atoms with E-state index in [1.54, 1.807) is 0 Å². The van der Waals surface area contributed by atoms with Crippen LogP contribution in [0.4, 0.5) is 0 Å². The molecule has 1 saturated heterocycles. The maximum absolute atomic E-state index is 3.71. The molecule has 0 aromatic carbocycles. The largest absolute Gasteiger partial charge is 0.300 e. The van der Waals surface area contributed by atoms with Gasteiger partial charge in [-0.2, -0.15) is 0 Å². The molecule has 74 valence electrons. The van der Waals surface area contributed by atoms with Crippen molar-refractivity contribution in [3.8, 4) is 0 Å². The normalized spacial score (nSPS) is 18.5. The second kappa shape index (κ2) is 6.90. The zero-order chi connectivity index (χ0) is 9.36. The Balaban J connectivity index is 1.94. The minimum atomic E-state index is 1.15. The third-order valence-corrected chi connectivity index (χ3v) is 2.51. The molecule has 0 saturated carbocycles. The monoisotopic (exact) mass is 179 g/mol. The van der Waals surface area contributed by atoms with Crippen LogP contribution in [0.5, 0.6) is 0 Å². The molecule has 0 atom stereocenters. The van der Waals surface area contributed by atoms with Crippen molar-refractivity contribution in [1.82, 2.24) is 4.90 Å². The molecule has 1 nitrogen and oxygen atoms in total. The Bertz CT molecular complexity index is 155. The molecule has 1 heteroatoms. The second-order valence-electron chi connectivity index (χ2n) is 3.70. The highest BCUT2D eigenvalue weighted by molar-refractivity contribution is 4.86. The van der Waals surface area contributed by atoms with Crippen molar-refractivity contribution in [3.05, 3.63) is 24.8 Å². The maximum atomic E-state index is 3.71. The third kappa shape index (κ3) is 4.89. The molecule has 1 fully saturated rings. The van der Waals surface area contributed by atoms with E-state index < -0.39 is 0 Å². The van der Waals surface area contributed by atoms with E-state index in [0.717, 1.165) is 13.0 Å². The van der Waals surface area contributed by atoms with Crippen LogP contribution >= 0.6 is 0 Å². The average Bonchev–Trinajstić information content (AvgIpc) is 2.63. The predicted octanol–water partition coefficient (Wildman–Crippen LogP) is 2.99. The molecule has 1 heterocycles. The fourth-order valence-corrected chi connectivity index (χ4v) is 1.69. The SMILES string of the molecule is C=CCCCC=CCN1CCCC1. The number of hydrogen-bond donors (Lipinski definition) is 0. The van der Waals surface area contributed by atoms with E-state index >= 15 is 0 Å². The zero-order valence-electron chi connectivity index (χ0n) is 8.54. The van der Waals surface area contributed by atoms with Gasteiger partial charge < -0.3 is 0 Å². The van der Waals surface area contributed by atoms with E-state index in [0.29, 0.717) is 0 Å². The van der Waals surface area contributed by atoms with Crippen molar-refractivity contribution >= 4 is 0 Å². The predicted molar refractivity (Wildman–Crippen MR) is 58.9 cm³/mol. The number of allylic oxidation sites excluding steroid dienone is 2. The van der Waals surface area contributed by atoms with Crippen LogP contribution in [0.15, 0.2) is 24.8 Å². The van der Waals surface area contributed by atoms with Crippen LogP contribution in [0.3, 0.4) is 0 Å². The van der Waals surface area contributed by atoms with Gasteiger partial charge in [0, 0.05) is 6.54 Å². The summed E-state index contributed by atoms with van der Waals surface area (Å²) in [6.07, 6.45) is 13.0. The van der Waals surface area contributed by atoms with Crippen LogP contribution in [0, 0.1) is 0 Å². The number of likely N-dealkylation sites (tertiary alicyclic amines) is 1. The summed E-state index contributed by atoms with van der Waals surface area (Å²) in [7, 11) is 0. The zero-order valence-corrected chi connectivity index (χ0v) is 8.54. The van der Waals surface area contributed by atoms with E-state index in [1.165, 1.54) is 38.8 Å². The smallest absolute Gasteiger partial charge is 0.0163 e. The number of nitrogens with zero attached hydrogens (tertiary/aromatic N) is 1. The number of rotatable bonds is 6. The molecule has 13 heavy (non-hydrogen) atoms. The van der Waals surface area contributed by atoms with Gasteiger partial charge in [0.2, 0.25) is 0 Å². The quantitative estimate of drug-likeness (QED) is 0.447. The van der Waals surface area contributed by atoms with Gasteiger partial charge in [0.1, 0.15) is 0 Å². The average molecular weight is 179 g/mol. The lowest BCUT2D eigenvalue weighted by atomic mass is 10.2. The van der Waals surface area contributed by atoms with Crippen molar-refractivity contribution in [2.75, 3.05) is 19.6 Å². The molecule has 1 aliphatic heterocycles. The van der Waals surface area contributed by atoms with Gasteiger partial charge in [-0.05, 0) is 45.2 Å². The van der Waals surface area contributed by atoms with Gasteiger partial charge in [0.15, 0.2) is 0 Å². The first-order valence-corrected chi connectivity index (χ1v) is 5.42. The summed E-state index contributed by atoms with van der Waals surface area (Å²) in [5, 5.41) is 0. The molecule has 1 aliphatic rings. The van der Waals surface area contributed by atoms with Crippen LogP contribution in [-0.4, -0.2) is 24.5 Å². The van der Waals surface area contributed by atoms with Crippen molar-refractivity contribution < 1.29 is 0 Å². The van der Waals surface area contributed by atoms with Gasteiger partial charge in [0.25, 0.3) is 0 Å². The van der Waals surface area contributed by atoms with Gasteiger partial charge >= 0.3 is 0 Å². The van der Waals surface area contributed by atoms with Crippen molar-refractivity contribution in [1.29, 1.82) is 0 Å². The van der Waals surface area contributed by atoms with Crippen molar-refractivity contribution in [2.24, 2.45) is 0 Å². The molecule has 0 radical (unpaired) electrons. The van der Waals surface area contributed by atoms with E-state index in [9.17, 15) is 0 Å². The summed E-state index contributed by atoms with van der Waals surface area (Å²) >= 11 is 0. The minimum absolute atomic E-state index is 1.15. The fraction of sp³-hybridized carbons (Fsp3) is 0.667. The Morgan fingerprint density at radius 2 is 1.85 bits per heavy atom. The number of unbranched alkanes of at least 4 members (excludes halogenated alkanes) is 2. The Morgan fingerprint density at radius 3 is 2.54 bits per heavy atom. The second-order valence-corrected chi connectivity index (χ2v) is 3.70. The molecule has 1 rings (SSSR count). The lowest BCUT2D eigenvalue weighted by Crippen LogP contribution is -2.18. The van der Waals surface area contributed by atoms with Crippen LogP contribution in [-0.2, 0) is 0 Å². The van der Waals surface area contributed by atoms with Gasteiger partial charge in [-0.3, -0.25) is 4.90 Å². The van der Waals surface area contributed by atoms with Crippen LogP contribution in [0.1, 0.15) is 32.1 Å². The highest BCUT2D eigenvalue weighted by Crippen LogP contribution is 2.06. The van der Waals surface area contributed by atoms with Gasteiger partial charge in [-0.15, -0.1) is 6.58 Å². The number of hydrogen-bond acceptors (Lipinski definition) is 1. The molecular weight excluding hydrogens is 158 g/mol. The summed E-state index contributed by atoms with van der Waals surface area (Å²) in [6.45, 7) is 7.48. The van der Waals surface area contributed by atoms with Crippen LogP contribution in [0.25, 0.3) is 0 Å². The first-order valence-electron chi connectivity index (χ1n) is 5.42. The van der Waals surface area contributed by atoms with Crippen LogP contribution in [0.2, 0.25) is 0 Å². The van der Waals surface area contributed by atoms with Gasteiger partial charge in [-0.1, -0.05) is 18.2 Å². The summed E-state index contributed by atoms with van der Waals surface area (Å²) < 4.78 is 0. The summed E-state index contributed by atoms with van der Waals surface area (Å²) in [4.78, 5) is 2.52. The minimum Gasteiger partial charge on any atom is -0.300 e. The third-order valence-electron chi connectivity index (χ3n) is 2.51. The lowest BCUT2D eigenvalue weighted by molar-refractivity contribution is 0.377. The molecule has 0 bridgehead atoms. The highest BCUT2D eigenvalue weighted by atomic mass is 15.1. The fourth-order valence-electron chi connectivity index (χ4n) is 1.69. The molecule has 0 aromatic rings. The molecule has 0 N–H and O–H groups in total. The Kier molecular flexibility index (Phi) is 5.59. The topological polar surface area (TPSA) is 3.24 Å². The standard InChI is InChI=1S/C12H21N/c1-2-3-4-5-6-7-10-13-11-8-9-12-13/h2,6-7H,1,3-5,8-12H2. The molecule has 0 aromatic heterocycles. The molecule has 0 unspecified atom stereocenters. The molecule has 0 spiro atoms. The van der Waals surface area contributed by atoms with Gasteiger partial charge in [0.05, 0.1) is 0 Å². The Morgan fingerprint density at radius 1 is 1.08 bits per heavy atom. The van der Waals surface area contributed by atoms with E-state index in [4.69, 9.17) is 0 Å². The first kappa shape index (κ1) is 10.5. The lowest BCUT2D eigenvalue weighted by Gasteiger charge is -2.10. The van der Waals surface area contributed by atoms with Crippen molar-refractivity contribution in [2.45, 2.75) is 32.1 Å². The van der Waals surface area contributed by atoms with E-state index in [-0.39, 0.29) is 0 Å². The van der Waals surface area contributed by atoms with E-state index in [1.807, 2.05) is 6.08 Å². The van der Waals surface area contributed by atoms with Crippen molar-refractivity contribution in [3.63, 3.8) is 0 Å². The molecule has 0 amide bonds. The van der Waals surface area contributed by atoms with Crippen LogP contribution < -0.4 is 0 Å². The van der Waals surface area contributed by atoms with Gasteiger partial charge in [-0.25, -0.2) is 0 Å². The van der Waals surface area contributed by atoms with E-state index in [2.05, 4.69) is 23.6 Å².